The summed E-state index contributed by atoms with van der Waals surface area (Å²) in [5, 5.41) is 8.82. The molecule has 0 fully saturated rings. The number of aromatic nitrogens is 3. The lowest BCUT2D eigenvalue weighted by atomic mass is 9.86. The van der Waals surface area contributed by atoms with E-state index in [9.17, 15) is 18.4 Å². The van der Waals surface area contributed by atoms with Gasteiger partial charge in [0.1, 0.15) is 27.5 Å². The van der Waals surface area contributed by atoms with Gasteiger partial charge < -0.3 is 10.6 Å². The summed E-state index contributed by atoms with van der Waals surface area (Å²) in [6.07, 6.45) is 4.72. The summed E-state index contributed by atoms with van der Waals surface area (Å²) in [7, 11) is 0. The average Bonchev–Trinajstić information content (AvgIpc) is 3.38. The molecule has 0 saturated heterocycles. The first-order valence-electron chi connectivity index (χ1n) is 14.1. The fraction of sp³-hybridized carbons (Fsp3) is 0.182. The molecule has 3 N–H and O–H groups in total. The van der Waals surface area contributed by atoms with Crippen molar-refractivity contribution in [2.75, 3.05) is 10.6 Å². The summed E-state index contributed by atoms with van der Waals surface area (Å²) in [6, 6.07) is 20.4. The Kier molecular flexibility index (Phi) is 10.4. The summed E-state index contributed by atoms with van der Waals surface area (Å²) < 4.78 is 27.8. The number of benzene rings is 3. The first-order chi connectivity index (χ1) is 21.7. The summed E-state index contributed by atoms with van der Waals surface area (Å²) in [6.45, 7) is 1.43. The van der Waals surface area contributed by atoms with Crippen LogP contribution in [0.25, 0.3) is 11.3 Å². The van der Waals surface area contributed by atoms with E-state index in [4.69, 9.17) is 11.6 Å². The highest BCUT2D eigenvalue weighted by Gasteiger charge is 2.21. The lowest BCUT2D eigenvalue weighted by Gasteiger charge is -2.23. The first kappa shape index (κ1) is 31.7. The topological polar surface area (TPSA) is 109 Å². The van der Waals surface area contributed by atoms with E-state index in [-0.39, 0.29) is 29.5 Å². The summed E-state index contributed by atoms with van der Waals surface area (Å²) in [5.74, 6) is -0.480. The molecule has 0 aliphatic heterocycles. The van der Waals surface area contributed by atoms with Gasteiger partial charge in [0.15, 0.2) is 5.13 Å². The van der Waals surface area contributed by atoms with Crippen LogP contribution in [0.15, 0.2) is 91.3 Å². The van der Waals surface area contributed by atoms with Crippen LogP contribution in [-0.4, -0.2) is 32.9 Å². The molecule has 3 amide bonds. The van der Waals surface area contributed by atoms with Gasteiger partial charge in [0.05, 0.1) is 0 Å². The van der Waals surface area contributed by atoms with Crippen LogP contribution in [0.2, 0.25) is 4.34 Å². The number of hydrogen-bond donors (Lipinski definition) is 3. The van der Waals surface area contributed by atoms with Crippen molar-refractivity contribution in [3.63, 3.8) is 0 Å². The van der Waals surface area contributed by atoms with Gasteiger partial charge in [-0.15, -0.1) is 0 Å². The smallest absolute Gasteiger partial charge is 0.321 e. The molecule has 8 nitrogen and oxygen atoms in total. The largest absolute Gasteiger partial charge is 0.335 e. The zero-order chi connectivity index (χ0) is 31.8. The summed E-state index contributed by atoms with van der Waals surface area (Å²) >= 11 is 7.60. The molecule has 12 heteroatoms. The van der Waals surface area contributed by atoms with Crippen molar-refractivity contribution in [2.24, 2.45) is 0 Å². The molecule has 2 heterocycles. The van der Waals surface area contributed by atoms with E-state index in [1.54, 1.807) is 67.0 Å². The Bertz CT molecular complexity index is 1690. The van der Waals surface area contributed by atoms with Crippen LogP contribution in [0, 0.1) is 11.6 Å². The molecule has 45 heavy (non-hydrogen) atoms. The normalized spacial score (nSPS) is 11.7. The number of anilines is 2. The molecule has 0 aliphatic carbocycles. The minimum absolute atomic E-state index is 0.174. The number of hydrogen-bond acceptors (Lipinski definition) is 6. The van der Waals surface area contributed by atoms with Crippen LogP contribution < -0.4 is 16.0 Å². The van der Waals surface area contributed by atoms with Gasteiger partial charge >= 0.3 is 6.03 Å². The van der Waals surface area contributed by atoms with E-state index < -0.39 is 6.03 Å². The fourth-order valence-electron chi connectivity index (χ4n) is 4.93. The van der Waals surface area contributed by atoms with E-state index in [0.29, 0.717) is 45.9 Å². The third-order valence-electron chi connectivity index (χ3n) is 7.02. The molecule has 5 aromatic rings. The second-order valence-electron chi connectivity index (χ2n) is 10.3. The van der Waals surface area contributed by atoms with Crippen molar-refractivity contribution in [3.8, 4) is 11.3 Å². The molecule has 0 saturated carbocycles. The highest BCUT2D eigenvalue weighted by Crippen LogP contribution is 2.36. The van der Waals surface area contributed by atoms with Crippen molar-refractivity contribution >= 4 is 45.7 Å². The molecular weight excluding hydrogens is 618 g/mol. The van der Waals surface area contributed by atoms with Crippen LogP contribution >= 0.6 is 22.9 Å². The number of amides is 3. The molecule has 0 radical (unpaired) electrons. The van der Waals surface area contributed by atoms with Crippen molar-refractivity contribution in [1.82, 2.24) is 20.3 Å². The van der Waals surface area contributed by atoms with E-state index in [1.807, 2.05) is 0 Å². The number of urea groups is 1. The Morgan fingerprint density at radius 1 is 0.844 bits per heavy atom. The predicted octanol–water partition coefficient (Wildman–Crippen LogP) is 7.84. The standard InChI is InChI=1S/C33H29ClF2N6O2S/c1-20(43)39-26-13-7-23(8-14-26)30-31(34)45-33(41-30)42-32(44)40-27(19-29-37-17-2-18-38-29)15-16-28(21-3-9-24(35)10-4-21)22-5-11-25(36)12-6-22/h2-14,17-18,27-28H,15-16,19H2,1H3,(H,39,43)(H2,40,41,42,44). The Morgan fingerprint density at radius 3 is 2.02 bits per heavy atom. The van der Waals surface area contributed by atoms with E-state index >= 15 is 0 Å². The summed E-state index contributed by atoms with van der Waals surface area (Å²) in [5.41, 5.74) is 3.62. The Hall–Kier alpha value is -4.74. The number of halogens is 3. The van der Waals surface area contributed by atoms with Gasteiger partial charge in [0.2, 0.25) is 5.91 Å². The van der Waals surface area contributed by atoms with Gasteiger partial charge in [0.25, 0.3) is 0 Å². The van der Waals surface area contributed by atoms with Gasteiger partial charge in [-0.25, -0.2) is 28.5 Å². The molecule has 1 unspecified atom stereocenters. The maximum atomic E-state index is 13.7. The monoisotopic (exact) mass is 646 g/mol. The van der Waals surface area contributed by atoms with Gasteiger partial charge in [-0.3, -0.25) is 10.1 Å². The fourth-order valence-corrected chi connectivity index (χ4v) is 6.01. The van der Waals surface area contributed by atoms with Crippen LogP contribution in [0.1, 0.15) is 42.6 Å². The van der Waals surface area contributed by atoms with Gasteiger partial charge in [-0.1, -0.05) is 59.3 Å². The molecule has 0 aliphatic rings. The van der Waals surface area contributed by atoms with Crippen molar-refractivity contribution in [1.29, 1.82) is 0 Å². The lowest BCUT2D eigenvalue weighted by molar-refractivity contribution is -0.114. The Labute approximate surface area is 267 Å². The van der Waals surface area contributed by atoms with E-state index in [1.165, 1.54) is 31.2 Å². The number of nitrogens with zero attached hydrogens (tertiary/aromatic N) is 3. The maximum Gasteiger partial charge on any atom is 0.321 e. The Balaban J connectivity index is 1.31. The number of rotatable bonds is 11. The third kappa shape index (κ3) is 8.90. The number of nitrogens with one attached hydrogen (secondary N) is 3. The van der Waals surface area contributed by atoms with Crippen molar-refractivity contribution in [2.45, 2.75) is 38.1 Å². The highest BCUT2D eigenvalue weighted by atomic mass is 35.5. The molecule has 0 spiro atoms. The third-order valence-corrected chi connectivity index (χ3v) is 8.19. The zero-order valence-electron chi connectivity index (χ0n) is 24.1. The SMILES string of the molecule is CC(=O)Nc1ccc(-c2nc(NC(=O)NC(CCC(c3ccc(F)cc3)c3ccc(F)cc3)Cc3ncccn3)sc2Cl)cc1. The second-order valence-corrected chi connectivity index (χ2v) is 11.9. The molecule has 0 bridgehead atoms. The van der Waals surface area contributed by atoms with Crippen LogP contribution in [0.3, 0.4) is 0 Å². The first-order valence-corrected chi connectivity index (χ1v) is 15.3. The highest BCUT2D eigenvalue weighted by molar-refractivity contribution is 7.20. The van der Waals surface area contributed by atoms with Gasteiger partial charge in [0, 0.05) is 48.9 Å². The van der Waals surface area contributed by atoms with Crippen LogP contribution in [0.4, 0.5) is 24.4 Å². The molecular formula is C33H29ClF2N6O2S. The quantitative estimate of drug-likeness (QED) is 0.135. The molecule has 3 aromatic carbocycles. The second kappa shape index (κ2) is 14.8. The number of carbonyl (C=O) groups is 2. The van der Waals surface area contributed by atoms with Gasteiger partial charge in [-0.2, -0.15) is 0 Å². The van der Waals surface area contributed by atoms with E-state index in [0.717, 1.165) is 28.0 Å². The van der Waals surface area contributed by atoms with Crippen LogP contribution in [0.5, 0.6) is 0 Å². The Morgan fingerprint density at radius 2 is 1.44 bits per heavy atom. The van der Waals surface area contributed by atoms with Gasteiger partial charge in [-0.05, 0) is 66.4 Å². The average molecular weight is 647 g/mol. The molecule has 1 atom stereocenters. The van der Waals surface area contributed by atoms with Crippen LogP contribution in [-0.2, 0) is 11.2 Å². The lowest BCUT2D eigenvalue weighted by Crippen LogP contribution is -2.40. The molecule has 230 valence electrons. The number of thiazole rings is 1. The summed E-state index contributed by atoms with van der Waals surface area (Å²) in [4.78, 5) is 37.7. The maximum absolute atomic E-state index is 13.7. The minimum Gasteiger partial charge on any atom is -0.335 e. The predicted molar refractivity (Wildman–Crippen MR) is 172 cm³/mol. The number of carbonyl (C=O) groups excluding carboxylic acids is 2. The van der Waals surface area contributed by atoms with E-state index in [2.05, 4.69) is 30.9 Å². The molecule has 5 rings (SSSR count). The zero-order valence-corrected chi connectivity index (χ0v) is 25.7. The van der Waals surface area contributed by atoms with Crippen molar-refractivity contribution < 1.29 is 18.4 Å². The van der Waals surface area contributed by atoms with Crippen molar-refractivity contribution in [3.05, 3.63) is 124 Å². The minimum atomic E-state index is -0.478. The molecule has 2 aromatic heterocycles.